The number of halogens is 1. The van der Waals surface area contributed by atoms with Crippen molar-refractivity contribution in [3.05, 3.63) is 0 Å². The van der Waals surface area contributed by atoms with Crippen molar-refractivity contribution in [2.75, 3.05) is 7.05 Å². The average molecular weight is 152 g/mol. The van der Waals surface area contributed by atoms with Crippen LogP contribution in [0.3, 0.4) is 0 Å². The number of carbonyl (C=O) groups excluding carboxylic acids is 1. The molecule has 0 aromatic rings. The summed E-state index contributed by atoms with van der Waals surface area (Å²) in [6.45, 7) is 0. The normalized spacial score (nSPS) is 15.6. The lowest BCUT2D eigenvalue weighted by Crippen LogP contribution is -1.81. The van der Waals surface area contributed by atoms with Crippen LogP contribution in [0.5, 0.6) is 0 Å². The Morgan fingerprint density at radius 1 is 1.22 bits per heavy atom. The Balaban J connectivity index is 0. The van der Waals surface area contributed by atoms with Crippen molar-refractivity contribution in [3.63, 3.8) is 0 Å². The van der Waals surface area contributed by atoms with E-state index in [1.54, 1.807) is 0 Å². The largest absolute Gasteiger partial charge is 0.333 e. The molecule has 0 radical (unpaired) electrons. The molecule has 1 fully saturated rings. The second-order valence-corrected chi connectivity index (χ2v) is 1.75. The standard InChI is InChI=1S/C5H8O.CH5N.ClH/c6-5-3-1-2-4-5;1-2;/h1-4H2;2H2,1H3;1H. The van der Waals surface area contributed by atoms with Gasteiger partial charge in [0.2, 0.25) is 0 Å². The first-order valence-electron chi connectivity index (χ1n) is 2.99. The number of nitrogens with two attached hydrogens (primary N) is 1. The monoisotopic (exact) mass is 151 g/mol. The molecule has 0 spiro atoms. The second kappa shape index (κ2) is 7.92. The van der Waals surface area contributed by atoms with Crippen LogP contribution in [-0.4, -0.2) is 12.8 Å². The molecule has 1 rings (SSSR count). The number of hydrogen-bond acceptors (Lipinski definition) is 2. The lowest BCUT2D eigenvalue weighted by molar-refractivity contribution is -0.117. The molecule has 56 valence electrons. The Labute approximate surface area is 62.2 Å². The average Bonchev–Trinajstić information content (AvgIpc) is 2.24. The molecule has 2 nitrogen and oxygen atoms in total. The molecule has 1 aliphatic carbocycles. The molecular weight excluding hydrogens is 138 g/mol. The first kappa shape index (κ1) is 11.7. The van der Waals surface area contributed by atoms with Crippen molar-refractivity contribution in [3.8, 4) is 0 Å². The van der Waals surface area contributed by atoms with Gasteiger partial charge in [0.05, 0.1) is 0 Å². The van der Waals surface area contributed by atoms with E-state index < -0.39 is 0 Å². The minimum Gasteiger partial charge on any atom is -0.333 e. The van der Waals surface area contributed by atoms with E-state index in [1.165, 1.54) is 7.05 Å². The fraction of sp³-hybridized carbons (Fsp3) is 0.833. The summed E-state index contributed by atoms with van der Waals surface area (Å²) in [5.74, 6) is 0.454. The third kappa shape index (κ3) is 5.80. The fourth-order valence-electron chi connectivity index (χ4n) is 0.769. The molecule has 0 atom stereocenters. The highest BCUT2D eigenvalue weighted by molar-refractivity contribution is 5.85. The number of Topliss-reactive ketones (excluding diaryl/α,β-unsaturated/α-hetero) is 1. The molecule has 0 aliphatic heterocycles. The van der Waals surface area contributed by atoms with Gasteiger partial charge in [-0.15, -0.1) is 12.4 Å². The molecule has 0 heterocycles. The zero-order valence-corrected chi connectivity index (χ0v) is 6.54. The summed E-state index contributed by atoms with van der Waals surface area (Å²) in [6.07, 6.45) is 3.97. The third-order valence-corrected chi connectivity index (χ3v) is 1.16. The van der Waals surface area contributed by atoms with Crippen LogP contribution >= 0.6 is 12.4 Å². The second-order valence-electron chi connectivity index (χ2n) is 1.75. The van der Waals surface area contributed by atoms with Crippen LogP contribution in [0.2, 0.25) is 0 Å². The SMILES string of the molecule is CN.Cl.O=C1CCCC1. The van der Waals surface area contributed by atoms with Gasteiger partial charge in [-0.1, -0.05) is 0 Å². The molecule has 2 N–H and O–H groups in total. The Hall–Kier alpha value is -0.0800. The lowest BCUT2D eigenvalue weighted by Gasteiger charge is -1.71. The van der Waals surface area contributed by atoms with Crippen LogP contribution in [0.15, 0.2) is 0 Å². The summed E-state index contributed by atoms with van der Waals surface area (Å²) in [6, 6.07) is 0. The molecule has 0 amide bonds. The van der Waals surface area contributed by atoms with E-state index >= 15 is 0 Å². The lowest BCUT2D eigenvalue weighted by atomic mass is 10.4. The Kier molecular flexibility index (Phi) is 10.3. The molecule has 0 unspecified atom stereocenters. The van der Waals surface area contributed by atoms with Crippen LogP contribution in [0.1, 0.15) is 25.7 Å². The van der Waals surface area contributed by atoms with Gasteiger partial charge in [-0.2, -0.15) is 0 Å². The first-order chi connectivity index (χ1) is 3.89. The Morgan fingerprint density at radius 2 is 1.56 bits per heavy atom. The van der Waals surface area contributed by atoms with Gasteiger partial charge in [-0.05, 0) is 19.9 Å². The van der Waals surface area contributed by atoms with Crippen molar-refractivity contribution in [2.45, 2.75) is 25.7 Å². The molecule has 3 heteroatoms. The summed E-state index contributed by atoms with van der Waals surface area (Å²) in [7, 11) is 1.50. The van der Waals surface area contributed by atoms with Gasteiger partial charge in [0.25, 0.3) is 0 Å². The Morgan fingerprint density at radius 3 is 1.67 bits per heavy atom. The van der Waals surface area contributed by atoms with Crippen molar-refractivity contribution in [1.29, 1.82) is 0 Å². The summed E-state index contributed by atoms with van der Waals surface area (Å²) < 4.78 is 0. The van der Waals surface area contributed by atoms with E-state index in [1.807, 2.05) is 0 Å². The molecule has 9 heavy (non-hydrogen) atoms. The van der Waals surface area contributed by atoms with E-state index in [9.17, 15) is 4.79 Å². The highest BCUT2D eigenvalue weighted by Gasteiger charge is 2.07. The van der Waals surface area contributed by atoms with Crippen LogP contribution in [-0.2, 0) is 4.79 Å². The molecule has 0 bridgehead atoms. The molecule has 1 aliphatic rings. The van der Waals surface area contributed by atoms with Gasteiger partial charge in [0, 0.05) is 12.8 Å². The predicted molar refractivity (Wildman–Crippen MR) is 40.8 cm³/mol. The molecule has 1 saturated carbocycles. The van der Waals surface area contributed by atoms with Crippen molar-refractivity contribution in [1.82, 2.24) is 0 Å². The number of rotatable bonds is 0. The summed E-state index contributed by atoms with van der Waals surface area (Å²) in [5.41, 5.74) is 4.50. The molecule has 0 saturated heterocycles. The van der Waals surface area contributed by atoms with Gasteiger partial charge < -0.3 is 5.73 Å². The van der Waals surface area contributed by atoms with Crippen molar-refractivity contribution < 1.29 is 4.79 Å². The minimum atomic E-state index is 0. The van der Waals surface area contributed by atoms with Gasteiger partial charge >= 0.3 is 0 Å². The highest BCUT2D eigenvalue weighted by atomic mass is 35.5. The van der Waals surface area contributed by atoms with Gasteiger partial charge in [0.1, 0.15) is 5.78 Å². The maximum atomic E-state index is 10.2. The summed E-state index contributed by atoms with van der Waals surface area (Å²) in [5, 5.41) is 0. The topological polar surface area (TPSA) is 43.1 Å². The highest BCUT2D eigenvalue weighted by Crippen LogP contribution is 2.11. The number of hydrogen-bond donors (Lipinski definition) is 1. The van der Waals surface area contributed by atoms with E-state index in [0.717, 1.165) is 25.7 Å². The fourth-order valence-corrected chi connectivity index (χ4v) is 0.769. The molecular formula is C6H14ClNO. The number of carbonyl (C=O) groups is 1. The smallest absolute Gasteiger partial charge is 0.132 e. The first-order valence-corrected chi connectivity index (χ1v) is 2.99. The van der Waals surface area contributed by atoms with E-state index in [-0.39, 0.29) is 12.4 Å². The van der Waals surface area contributed by atoms with E-state index in [4.69, 9.17) is 0 Å². The van der Waals surface area contributed by atoms with Crippen molar-refractivity contribution >= 4 is 18.2 Å². The predicted octanol–water partition coefficient (Wildman–Crippen LogP) is 1.13. The molecule has 0 aromatic carbocycles. The van der Waals surface area contributed by atoms with E-state index in [0.29, 0.717) is 5.78 Å². The van der Waals surface area contributed by atoms with Crippen LogP contribution in [0, 0.1) is 0 Å². The van der Waals surface area contributed by atoms with Crippen LogP contribution in [0.4, 0.5) is 0 Å². The van der Waals surface area contributed by atoms with Crippen LogP contribution < -0.4 is 5.73 Å². The maximum Gasteiger partial charge on any atom is 0.132 e. The van der Waals surface area contributed by atoms with Gasteiger partial charge in [-0.3, -0.25) is 4.79 Å². The van der Waals surface area contributed by atoms with Crippen LogP contribution in [0.25, 0.3) is 0 Å². The number of ketones is 1. The maximum absolute atomic E-state index is 10.2. The van der Waals surface area contributed by atoms with Gasteiger partial charge in [-0.25, -0.2) is 0 Å². The van der Waals surface area contributed by atoms with Gasteiger partial charge in [0.15, 0.2) is 0 Å². The Bertz CT molecular complexity index is 67.5. The zero-order chi connectivity index (χ0) is 6.41. The zero-order valence-electron chi connectivity index (χ0n) is 5.72. The summed E-state index contributed by atoms with van der Waals surface area (Å²) >= 11 is 0. The van der Waals surface area contributed by atoms with Crippen molar-refractivity contribution in [2.24, 2.45) is 5.73 Å². The minimum absolute atomic E-state index is 0. The quantitative estimate of drug-likeness (QED) is 0.564. The molecule has 0 aromatic heterocycles. The summed E-state index contributed by atoms with van der Waals surface area (Å²) in [4.78, 5) is 10.2. The van der Waals surface area contributed by atoms with E-state index in [2.05, 4.69) is 5.73 Å². The third-order valence-electron chi connectivity index (χ3n) is 1.16.